The van der Waals surface area contributed by atoms with Gasteiger partial charge in [0.25, 0.3) is 0 Å². The van der Waals surface area contributed by atoms with Gasteiger partial charge in [-0.3, -0.25) is 4.79 Å². The van der Waals surface area contributed by atoms with Gasteiger partial charge in [-0.2, -0.15) is 0 Å². The summed E-state index contributed by atoms with van der Waals surface area (Å²) in [6, 6.07) is 8.04. The first-order chi connectivity index (χ1) is 8.15. The molecule has 0 saturated heterocycles. The highest BCUT2D eigenvalue weighted by molar-refractivity contribution is 5.79. The highest BCUT2D eigenvalue weighted by atomic mass is 16.1. The molecule has 4 nitrogen and oxygen atoms in total. The standard InChI is InChI=1S/C13H21N3O/c1-3-8-15-9-11-6-4-5-7-12(11)16(2)10-13(14)17/h4-7,15H,3,8-10H2,1-2H3,(H2,14,17). The average molecular weight is 235 g/mol. The van der Waals surface area contributed by atoms with Gasteiger partial charge in [0.2, 0.25) is 5.91 Å². The number of carbonyl (C=O) groups excluding carboxylic acids is 1. The average Bonchev–Trinajstić information content (AvgIpc) is 2.29. The van der Waals surface area contributed by atoms with Crippen LogP contribution < -0.4 is 16.0 Å². The Morgan fingerprint density at radius 1 is 1.41 bits per heavy atom. The Hall–Kier alpha value is -1.55. The molecule has 0 radical (unpaired) electrons. The number of likely N-dealkylation sites (N-methyl/N-ethyl adjacent to an activating group) is 1. The third-order valence-electron chi connectivity index (χ3n) is 2.54. The van der Waals surface area contributed by atoms with Crippen LogP contribution in [0.25, 0.3) is 0 Å². The third-order valence-corrected chi connectivity index (χ3v) is 2.54. The number of nitrogens with zero attached hydrogens (tertiary/aromatic N) is 1. The summed E-state index contributed by atoms with van der Waals surface area (Å²) in [5.74, 6) is -0.316. The molecule has 3 N–H and O–H groups in total. The van der Waals surface area contributed by atoms with E-state index in [9.17, 15) is 4.79 Å². The molecule has 0 spiro atoms. The van der Waals surface area contributed by atoms with E-state index in [1.807, 2.05) is 30.1 Å². The third kappa shape index (κ3) is 4.44. The lowest BCUT2D eigenvalue weighted by Gasteiger charge is -2.21. The molecule has 0 fully saturated rings. The van der Waals surface area contributed by atoms with Crippen LogP contribution in [0.1, 0.15) is 18.9 Å². The Kier molecular flexibility index (Phi) is 5.49. The van der Waals surface area contributed by atoms with Gasteiger partial charge in [0.1, 0.15) is 0 Å². The maximum Gasteiger partial charge on any atom is 0.236 e. The summed E-state index contributed by atoms with van der Waals surface area (Å²) in [6.07, 6.45) is 1.11. The van der Waals surface area contributed by atoms with Crippen LogP contribution >= 0.6 is 0 Å². The Balaban J connectivity index is 2.72. The lowest BCUT2D eigenvalue weighted by molar-refractivity contribution is -0.116. The van der Waals surface area contributed by atoms with E-state index in [0.717, 1.165) is 25.2 Å². The van der Waals surface area contributed by atoms with Crippen LogP contribution in [0.5, 0.6) is 0 Å². The largest absolute Gasteiger partial charge is 0.368 e. The maximum atomic E-state index is 10.9. The minimum absolute atomic E-state index is 0.241. The molecule has 0 unspecified atom stereocenters. The molecule has 4 heteroatoms. The molecule has 0 aliphatic heterocycles. The molecule has 0 bridgehead atoms. The second-order valence-corrected chi connectivity index (χ2v) is 4.13. The predicted octanol–water partition coefficient (Wildman–Crippen LogP) is 1.11. The Labute approximate surface area is 103 Å². The predicted molar refractivity (Wildman–Crippen MR) is 70.9 cm³/mol. The first-order valence-electron chi connectivity index (χ1n) is 5.93. The minimum atomic E-state index is -0.316. The molecule has 1 amide bonds. The zero-order valence-electron chi connectivity index (χ0n) is 10.6. The van der Waals surface area contributed by atoms with E-state index in [2.05, 4.69) is 18.3 Å². The molecular formula is C13H21N3O. The van der Waals surface area contributed by atoms with Gasteiger partial charge in [0.15, 0.2) is 0 Å². The Morgan fingerprint density at radius 3 is 2.76 bits per heavy atom. The summed E-state index contributed by atoms with van der Waals surface area (Å²) >= 11 is 0. The fourth-order valence-corrected chi connectivity index (χ4v) is 1.75. The number of nitrogens with one attached hydrogen (secondary N) is 1. The second-order valence-electron chi connectivity index (χ2n) is 4.13. The van der Waals surface area contributed by atoms with Gasteiger partial charge >= 0.3 is 0 Å². The minimum Gasteiger partial charge on any atom is -0.368 e. The summed E-state index contributed by atoms with van der Waals surface area (Å²) < 4.78 is 0. The molecule has 17 heavy (non-hydrogen) atoms. The van der Waals surface area contributed by atoms with Gasteiger partial charge in [-0.1, -0.05) is 25.1 Å². The van der Waals surface area contributed by atoms with E-state index in [-0.39, 0.29) is 12.5 Å². The number of hydrogen-bond acceptors (Lipinski definition) is 3. The van der Waals surface area contributed by atoms with Crippen molar-refractivity contribution in [1.29, 1.82) is 0 Å². The van der Waals surface area contributed by atoms with Gasteiger partial charge in [0.05, 0.1) is 6.54 Å². The molecule has 0 heterocycles. The van der Waals surface area contributed by atoms with Crippen molar-refractivity contribution in [2.75, 3.05) is 25.0 Å². The topological polar surface area (TPSA) is 58.4 Å². The number of primary amides is 1. The van der Waals surface area contributed by atoms with Gasteiger partial charge in [-0.25, -0.2) is 0 Å². The summed E-state index contributed by atoms with van der Waals surface area (Å²) in [4.78, 5) is 12.8. The molecule has 1 aromatic rings. The number of hydrogen-bond donors (Lipinski definition) is 2. The molecule has 1 rings (SSSR count). The second kappa shape index (κ2) is 6.91. The maximum absolute atomic E-state index is 10.9. The number of anilines is 1. The Bertz CT molecular complexity index is 365. The lowest BCUT2D eigenvalue weighted by Crippen LogP contribution is -2.31. The highest BCUT2D eigenvalue weighted by Crippen LogP contribution is 2.18. The van der Waals surface area contributed by atoms with Crippen LogP contribution in [-0.4, -0.2) is 26.0 Å². The van der Waals surface area contributed by atoms with Crippen LogP contribution in [-0.2, 0) is 11.3 Å². The molecule has 0 aromatic heterocycles. The van der Waals surface area contributed by atoms with Crippen LogP contribution in [0.4, 0.5) is 5.69 Å². The quantitative estimate of drug-likeness (QED) is 0.696. The number of benzene rings is 1. The van der Waals surface area contributed by atoms with Crippen LogP contribution in [0.2, 0.25) is 0 Å². The first-order valence-corrected chi connectivity index (χ1v) is 5.93. The monoisotopic (exact) mass is 235 g/mol. The van der Waals surface area contributed by atoms with Gasteiger partial charge in [0, 0.05) is 19.3 Å². The first kappa shape index (κ1) is 13.5. The number of rotatable bonds is 7. The number of amides is 1. The van der Waals surface area contributed by atoms with Crippen molar-refractivity contribution in [1.82, 2.24) is 5.32 Å². The van der Waals surface area contributed by atoms with E-state index in [1.54, 1.807) is 0 Å². The number of nitrogens with two attached hydrogens (primary N) is 1. The van der Waals surface area contributed by atoms with Crippen molar-refractivity contribution >= 4 is 11.6 Å². The van der Waals surface area contributed by atoms with Crippen molar-refractivity contribution in [3.05, 3.63) is 29.8 Å². The van der Waals surface area contributed by atoms with E-state index in [4.69, 9.17) is 5.73 Å². The molecule has 0 aliphatic carbocycles. The summed E-state index contributed by atoms with van der Waals surface area (Å²) in [5.41, 5.74) is 7.44. The molecule has 1 aromatic carbocycles. The fraction of sp³-hybridized carbons (Fsp3) is 0.462. The van der Waals surface area contributed by atoms with E-state index in [1.165, 1.54) is 5.56 Å². The van der Waals surface area contributed by atoms with Crippen molar-refractivity contribution in [2.45, 2.75) is 19.9 Å². The molecule has 94 valence electrons. The van der Waals surface area contributed by atoms with E-state index < -0.39 is 0 Å². The molecule has 0 saturated carbocycles. The van der Waals surface area contributed by atoms with Crippen LogP contribution in [0.3, 0.4) is 0 Å². The normalized spacial score (nSPS) is 10.2. The van der Waals surface area contributed by atoms with Crippen molar-refractivity contribution < 1.29 is 4.79 Å². The number of carbonyl (C=O) groups is 1. The van der Waals surface area contributed by atoms with E-state index in [0.29, 0.717) is 0 Å². The van der Waals surface area contributed by atoms with Crippen LogP contribution in [0, 0.1) is 0 Å². The molecule has 0 atom stereocenters. The van der Waals surface area contributed by atoms with Crippen molar-refractivity contribution in [2.24, 2.45) is 5.73 Å². The van der Waals surface area contributed by atoms with Crippen molar-refractivity contribution in [3.8, 4) is 0 Å². The SMILES string of the molecule is CCCNCc1ccccc1N(C)CC(N)=O. The van der Waals surface area contributed by atoms with Gasteiger partial charge in [-0.05, 0) is 24.6 Å². The van der Waals surface area contributed by atoms with Crippen LogP contribution in [0.15, 0.2) is 24.3 Å². The molecular weight excluding hydrogens is 214 g/mol. The van der Waals surface area contributed by atoms with Crippen molar-refractivity contribution in [3.63, 3.8) is 0 Å². The summed E-state index contributed by atoms with van der Waals surface area (Å²) in [5, 5.41) is 3.36. The fourth-order valence-electron chi connectivity index (χ4n) is 1.75. The van der Waals surface area contributed by atoms with E-state index >= 15 is 0 Å². The summed E-state index contributed by atoms with van der Waals surface area (Å²) in [7, 11) is 1.88. The zero-order valence-corrected chi connectivity index (χ0v) is 10.6. The highest BCUT2D eigenvalue weighted by Gasteiger charge is 2.08. The Morgan fingerprint density at radius 2 is 2.12 bits per heavy atom. The lowest BCUT2D eigenvalue weighted by atomic mass is 10.1. The number of para-hydroxylation sites is 1. The molecule has 0 aliphatic rings. The smallest absolute Gasteiger partial charge is 0.236 e. The van der Waals surface area contributed by atoms with Gasteiger partial charge < -0.3 is 16.0 Å². The summed E-state index contributed by atoms with van der Waals surface area (Å²) in [6.45, 7) is 4.18. The zero-order chi connectivity index (χ0) is 12.7. The van der Waals surface area contributed by atoms with Gasteiger partial charge in [-0.15, -0.1) is 0 Å².